The molecule has 0 saturated carbocycles. The van der Waals surface area contributed by atoms with Crippen LogP contribution in [-0.2, 0) is 6.42 Å². The Balaban J connectivity index is 1.81. The first kappa shape index (κ1) is 13.5. The first-order chi connectivity index (χ1) is 9.28. The molecule has 6 nitrogen and oxygen atoms in total. The smallest absolute Gasteiger partial charge is 0.322 e. The summed E-state index contributed by atoms with van der Waals surface area (Å²) in [5, 5.41) is 2.91. The Morgan fingerprint density at radius 2 is 2.00 bits per heavy atom. The molecule has 19 heavy (non-hydrogen) atoms. The fourth-order valence-corrected chi connectivity index (χ4v) is 1.65. The van der Waals surface area contributed by atoms with Crippen LogP contribution >= 0.6 is 11.6 Å². The van der Waals surface area contributed by atoms with E-state index in [1.165, 1.54) is 5.56 Å². The Hall–Kier alpha value is -1.95. The van der Waals surface area contributed by atoms with E-state index in [2.05, 4.69) is 25.3 Å². The maximum Gasteiger partial charge on any atom is 0.322 e. The molecule has 0 atom stereocenters. The molecule has 0 amide bonds. The fourth-order valence-electron chi connectivity index (χ4n) is 1.50. The molecule has 0 bridgehead atoms. The zero-order valence-electron chi connectivity index (χ0n) is 10.5. The molecule has 0 aromatic carbocycles. The van der Waals surface area contributed by atoms with Crippen LogP contribution in [0.1, 0.15) is 12.0 Å². The minimum atomic E-state index is 0.114. The predicted molar refractivity (Wildman–Crippen MR) is 72.4 cm³/mol. The molecule has 0 aliphatic heterocycles. The Bertz CT molecular complexity index is 523. The van der Waals surface area contributed by atoms with Crippen LogP contribution in [0.25, 0.3) is 0 Å². The Labute approximate surface area is 116 Å². The SMILES string of the molecule is CNc1nc(Cl)nc(OCCCc2ccncc2)n1. The molecular formula is C12H14ClN5O. The van der Waals surface area contributed by atoms with E-state index in [4.69, 9.17) is 16.3 Å². The molecule has 0 saturated heterocycles. The van der Waals surface area contributed by atoms with Gasteiger partial charge in [0.15, 0.2) is 0 Å². The van der Waals surface area contributed by atoms with Crippen LogP contribution in [0.2, 0.25) is 5.28 Å². The molecule has 0 radical (unpaired) electrons. The van der Waals surface area contributed by atoms with Crippen LogP contribution in [0.4, 0.5) is 5.95 Å². The van der Waals surface area contributed by atoms with E-state index < -0.39 is 0 Å². The van der Waals surface area contributed by atoms with Crippen LogP contribution in [0.15, 0.2) is 24.5 Å². The Morgan fingerprint density at radius 3 is 2.74 bits per heavy atom. The Morgan fingerprint density at radius 1 is 1.21 bits per heavy atom. The predicted octanol–water partition coefficient (Wildman–Crippen LogP) is 1.97. The third-order valence-corrected chi connectivity index (χ3v) is 2.57. The van der Waals surface area contributed by atoms with Gasteiger partial charge in [-0.25, -0.2) is 0 Å². The van der Waals surface area contributed by atoms with E-state index in [1.54, 1.807) is 19.4 Å². The van der Waals surface area contributed by atoms with E-state index in [0.717, 1.165) is 12.8 Å². The summed E-state index contributed by atoms with van der Waals surface area (Å²) < 4.78 is 5.45. The number of nitrogens with one attached hydrogen (secondary N) is 1. The number of rotatable bonds is 6. The molecule has 0 unspecified atom stereocenters. The van der Waals surface area contributed by atoms with Crippen LogP contribution in [0.3, 0.4) is 0 Å². The maximum absolute atomic E-state index is 5.75. The molecule has 1 N–H and O–H groups in total. The maximum atomic E-state index is 5.75. The molecule has 0 spiro atoms. The topological polar surface area (TPSA) is 72.8 Å². The van der Waals surface area contributed by atoms with Crippen molar-refractivity contribution in [1.82, 2.24) is 19.9 Å². The highest BCUT2D eigenvalue weighted by molar-refractivity contribution is 6.28. The third kappa shape index (κ3) is 4.33. The zero-order valence-corrected chi connectivity index (χ0v) is 11.3. The zero-order chi connectivity index (χ0) is 13.5. The van der Waals surface area contributed by atoms with Crippen molar-refractivity contribution in [3.05, 3.63) is 35.4 Å². The van der Waals surface area contributed by atoms with Crippen molar-refractivity contribution >= 4 is 17.5 Å². The van der Waals surface area contributed by atoms with Crippen molar-refractivity contribution < 1.29 is 4.74 Å². The molecular weight excluding hydrogens is 266 g/mol. The van der Waals surface area contributed by atoms with Gasteiger partial charge in [0, 0.05) is 19.4 Å². The summed E-state index contributed by atoms with van der Waals surface area (Å²) in [6, 6.07) is 4.21. The number of hydrogen-bond donors (Lipinski definition) is 1. The molecule has 0 aliphatic carbocycles. The fraction of sp³-hybridized carbons (Fsp3) is 0.333. The highest BCUT2D eigenvalue weighted by atomic mass is 35.5. The largest absolute Gasteiger partial charge is 0.463 e. The number of aromatic nitrogens is 4. The van der Waals surface area contributed by atoms with Gasteiger partial charge >= 0.3 is 6.01 Å². The summed E-state index contributed by atoms with van der Waals surface area (Å²) in [6.07, 6.45) is 5.34. The lowest BCUT2D eigenvalue weighted by atomic mass is 10.1. The minimum absolute atomic E-state index is 0.114. The van der Waals surface area contributed by atoms with Crippen LogP contribution in [0.5, 0.6) is 6.01 Å². The summed E-state index contributed by atoms with van der Waals surface area (Å²) in [6.45, 7) is 0.520. The highest BCUT2D eigenvalue weighted by Crippen LogP contribution is 2.11. The summed E-state index contributed by atoms with van der Waals surface area (Å²) in [5.41, 5.74) is 1.23. The second-order valence-corrected chi connectivity index (χ2v) is 4.11. The molecule has 2 aromatic heterocycles. The standard InChI is InChI=1S/C12H14ClN5O/c1-14-11-16-10(13)17-12(18-11)19-8-2-3-9-4-6-15-7-5-9/h4-7H,2-3,8H2,1H3,(H,14,16,17,18). The van der Waals surface area contributed by atoms with Gasteiger partial charge in [-0.3, -0.25) is 4.98 Å². The molecule has 2 aromatic rings. The van der Waals surface area contributed by atoms with Crippen molar-refractivity contribution in [2.45, 2.75) is 12.8 Å². The number of anilines is 1. The summed E-state index contributed by atoms with van der Waals surface area (Å²) in [7, 11) is 1.71. The van der Waals surface area contributed by atoms with Gasteiger partial charge in [0.2, 0.25) is 11.2 Å². The van der Waals surface area contributed by atoms with Crippen LogP contribution in [0, 0.1) is 0 Å². The van der Waals surface area contributed by atoms with Gasteiger partial charge in [0.05, 0.1) is 6.61 Å². The minimum Gasteiger partial charge on any atom is -0.463 e. The normalized spacial score (nSPS) is 10.2. The number of halogens is 1. The number of nitrogens with zero attached hydrogens (tertiary/aromatic N) is 4. The molecule has 0 fully saturated rings. The highest BCUT2D eigenvalue weighted by Gasteiger charge is 2.04. The van der Waals surface area contributed by atoms with Gasteiger partial charge in [-0.15, -0.1) is 0 Å². The van der Waals surface area contributed by atoms with E-state index >= 15 is 0 Å². The van der Waals surface area contributed by atoms with Gasteiger partial charge in [-0.1, -0.05) is 0 Å². The van der Waals surface area contributed by atoms with Crippen molar-refractivity contribution in [2.75, 3.05) is 19.0 Å². The molecule has 0 aliphatic rings. The van der Waals surface area contributed by atoms with Crippen LogP contribution < -0.4 is 10.1 Å². The second-order valence-electron chi connectivity index (χ2n) is 3.77. The number of pyridine rings is 1. The van der Waals surface area contributed by atoms with Gasteiger partial charge < -0.3 is 10.1 Å². The molecule has 7 heteroatoms. The summed E-state index contributed by atoms with van der Waals surface area (Å²) in [5.74, 6) is 0.393. The van der Waals surface area contributed by atoms with E-state index in [0.29, 0.717) is 12.6 Å². The third-order valence-electron chi connectivity index (χ3n) is 2.40. The van der Waals surface area contributed by atoms with Gasteiger partial charge in [0.1, 0.15) is 0 Å². The Kier molecular flexibility index (Phi) is 4.85. The van der Waals surface area contributed by atoms with E-state index in [9.17, 15) is 0 Å². The second kappa shape index (κ2) is 6.84. The van der Waals surface area contributed by atoms with Gasteiger partial charge in [-0.2, -0.15) is 15.0 Å². The summed E-state index contributed by atoms with van der Waals surface area (Å²) >= 11 is 5.75. The average Bonchev–Trinajstić information content (AvgIpc) is 2.44. The number of aryl methyl sites for hydroxylation is 1. The van der Waals surface area contributed by atoms with Crippen molar-refractivity contribution in [2.24, 2.45) is 0 Å². The number of ether oxygens (including phenoxy) is 1. The van der Waals surface area contributed by atoms with Crippen molar-refractivity contribution in [3.63, 3.8) is 0 Å². The molecule has 2 heterocycles. The molecule has 100 valence electrons. The lowest BCUT2D eigenvalue weighted by Crippen LogP contribution is -2.06. The first-order valence-electron chi connectivity index (χ1n) is 5.89. The van der Waals surface area contributed by atoms with Crippen molar-refractivity contribution in [1.29, 1.82) is 0 Å². The number of hydrogen-bond acceptors (Lipinski definition) is 6. The first-order valence-corrected chi connectivity index (χ1v) is 6.27. The summed E-state index contributed by atoms with van der Waals surface area (Å²) in [4.78, 5) is 15.8. The molecule has 2 rings (SSSR count). The van der Waals surface area contributed by atoms with E-state index in [1.807, 2.05) is 12.1 Å². The van der Waals surface area contributed by atoms with Gasteiger partial charge in [-0.05, 0) is 42.1 Å². The van der Waals surface area contributed by atoms with Crippen LogP contribution in [-0.4, -0.2) is 33.6 Å². The lowest BCUT2D eigenvalue weighted by molar-refractivity contribution is 0.286. The van der Waals surface area contributed by atoms with Gasteiger partial charge in [0.25, 0.3) is 0 Å². The monoisotopic (exact) mass is 279 g/mol. The lowest BCUT2D eigenvalue weighted by Gasteiger charge is -2.06. The van der Waals surface area contributed by atoms with E-state index in [-0.39, 0.29) is 11.3 Å². The van der Waals surface area contributed by atoms with Crippen molar-refractivity contribution in [3.8, 4) is 6.01 Å². The quantitative estimate of drug-likeness (QED) is 0.815. The average molecular weight is 280 g/mol.